The molecule has 3 N–H and O–H groups in total. The van der Waals surface area contributed by atoms with Gasteiger partial charge in [0.25, 0.3) is 5.56 Å². The van der Waals surface area contributed by atoms with Gasteiger partial charge in [0, 0.05) is 20.2 Å². The third-order valence-corrected chi connectivity index (χ3v) is 4.34. The third-order valence-electron chi connectivity index (χ3n) is 4.34. The minimum Gasteiger partial charge on any atom is -0.494 e. The molecule has 0 unspecified atom stereocenters. The number of methoxy groups -OCH3 is 1. The number of H-pyrrole nitrogens is 1. The SMILES string of the molecule is CCCn1c(N)c(N(CCOC)C(=O)Cc2ccc(OCC)cc2)c(=O)[nH]c1=O. The highest BCUT2D eigenvalue weighted by Crippen LogP contribution is 2.19. The van der Waals surface area contributed by atoms with Gasteiger partial charge < -0.3 is 20.1 Å². The Hall–Kier alpha value is -3.07. The van der Waals surface area contributed by atoms with Crippen molar-refractivity contribution in [1.82, 2.24) is 9.55 Å². The van der Waals surface area contributed by atoms with Crippen LogP contribution in [0.25, 0.3) is 0 Å². The van der Waals surface area contributed by atoms with Crippen molar-refractivity contribution in [1.29, 1.82) is 0 Å². The van der Waals surface area contributed by atoms with Crippen LogP contribution in [0.15, 0.2) is 33.9 Å². The number of ether oxygens (including phenoxy) is 2. The van der Waals surface area contributed by atoms with Crippen LogP contribution < -0.4 is 26.6 Å². The highest BCUT2D eigenvalue weighted by molar-refractivity contribution is 5.96. The molecule has 0 radical (unpaired) electrons. The van der Waals surface area contributed by atoms with Gasteiger partial charge in [-0.1, -0.05) is 19.1 Å². The summed E-state index contributed by atoms with van der Waals surface area (Å²) in [5, 5.41) is 0. The lowest BCUT2D eigenvalue weighted by molar-refractivity contribution is -0.118. The van der Waals surface area contributed by atoms with Crippen LogP contribution in [0, 0.1) is 0 Å². The van der Waals surface area contributed by atoms with Gasteiger partial charge in [0.1, 0.15) is 11.6 Å². The zero-order valence-electron chi connectivity index (χ0n) is 17.1. The molecule has 0 saturated heterocycles. The predicted molar refractivity (Wildman–Crippen MR) is 112 cm³/mol. The first-order chi connectivity index (χ1) is 13.9. The van der Waals surface area contributed by atoms with Crippen molar-refractivity contribution in [3.05, 3.63) is 50.7 Å². The quantitative estimate of drug-likeness (QED) is 0.613. The van der Waals surface area contributed by atoms with Gasteiger partial charge in [-0.25, -0.2) is 4.79 Å². The van der Waals surface area contributed by atoms with E-state index in [1.54, 1.807) is 24.3 Å². The Balaban J connectivity index is 2.38. The molecule has 0 saturated carbocycles. The van der Waals surface area contributed by atoms with Crippen LogP contribution in [-0.4, -0.2) is 42.3 Å². The normalized spacial score (nSPS) is 10.7. The second-order valence-corrected chi connectivity index (χ2v) is 6.44. The van der Waals surface area contributed by atoms with E-state index in [2.05, 4.69) is 4.98 Å². The highest BCUT2D eigenvalue weighted by atomic mass is 16.5. The summed E-state index contributed by atoms with van der Waals surface area (Å²) in [6, 6.07) is 7.16. The van der Waals surface area contributed by atoms with E-state index in [1.165, 1.54) is 16.6 Å². The Morgan fingerprint density at radius 1 is 1.21 bits per heavy atom. The second-order valence-electron chi connectivity index (χ2n) is 6.44. The summed E-state index contributed by atoms with van der Waals surface area (Å²) in [5.74, 6) is 0.356. The Morgan fingerprint density at radius 3 is 2.48 bits per heavy atom. The third kappa shape index (κ3) is 5.47. The summed E-state index contributed by atoms with van der Waals surface area (Å²) in [6.07, 6.45) is 0.704. The summed E-state index contributed by atoms with van der Waals surface area (Å²) in [7, 11) is 1.50. The molecule has 1 heterocycles. The molecule has 0 aliphatic heterocycles. The predicted octanol–water partition coefficient (Wildman–Crippen LogP) is 1.15. The standard InChI is InChI=1S/C20H28N4O5/c1-4-10-24-18(21)17(19(26)22-20(24)27)23(11-12-28-3)16(25)13-14-6-8-15(9-7-14)29-5-2/h6-9H,4-5,10-13,21H2,1-3H3,(H,22,26,27). The number of carbonyl (C=O) groups excluding carboxylic acids is 1. The van der Waals surface area contributed by atoms with Crippen molar-refractivity contribution in [2.75, 3.05) is 37.5 Å². The number of nitrogens with one attached hydrogen (secondary N) is 1. The molecule has 0 aliphatic carbocycles. The van der Waals surface area contributed by atoms with Crippen molar-refractivity contribution in [2.45, 2.75) is 33.2 Å². The number of hydrogen-bond donors (Lipinski definition) is 2. The van der Waals surface area contributed by atoms with Crippen molar-refractivity contribution in [3.63, 3.8) is 0 Å². The van der Waals surface area contributed by atoms with Crippen molar-refractivity contribution >= 4 is 17.4 Å². The van der Waals surface area contributed by atoms with E-state index >= 15 is 0 Å². The lowest BCUT2D eigenvalue weighted by Gasteiger charge is -2.24. The first-order valence-electron chi connectivity index (χ1n) is 9.56. The smallest absolute Gasteiger partial charge is 0.330 e. The van der Waals surface area contributed by atoms with Gasteiger partial charge in [0.15, 0.2) is 5.69 Å². The van der Waals surface area contributed by atoms with E-state index < -0.39 is 11.2 Å². The average molecular weight is 404 g/mol. The first kappa shape index (κ1) is 22.2. The summed E-state index contributed by atoms with van der Waals surface area (Å²) in [5.41, 5.74) is 5.55. The van der Waals surface area contributed by atoms with Gasteiger partial charge in [-0.05, 0) is 31.0 Å². The molecule has 9 heteroatoms. The van der Waals surface area contributed by atoms with Crippen molar-refractivity contribution < 1.29 is 14.3 Å². The minimum atomic E-state index is -0.698. The zero-order valence-corrected chi connectivity index (χ0v) is 17.1. The molecule has 1 aromatic heterocycles. The molecule has 29 heavy (non-hydrogen) atoms. The molecule has 0 aliphatic rings. The number of nitrogens with zero attached hydrogens (tertiary/aromatic N) is 2. The molecule has 158 valence electrons. The molecule has 0 fully saturated rings. The van der Waals surface area contributed by atoms with E-state index in [-0.39, 0.29) is 37.0 Å². The molecule has 2 aromatic rings. The first-order valence-corrected chi connectivity index (χ1v) is 9.56. The van der Waals surface area contributed by atoms with E-state index in [0.29, 0.717) is 25.3 Å². The number of anilines is 2. The minimum absolute atomic E-state index is 0.0308. The van der Waals surface area contributed by atoms with Crippen LogP contribution in [0.4, 0.5) is 11.5 Å². The van der Waals surface area contributed by atoms with Crippen LogP contribution in [0.5, 0.6) is 5.75 Å². The fourth-order valence-corrected chi connectivity index (χ4v) is 2.97. The number of aromatic amines is 1. The molecule has 1 aromatic carbocycles. The molecular formula is C20H28N4O5. The molecule has 0 spiro atoms. The maximum Gasteiger partial charge on any atom is 0.330 e. The number of hydrogen-bond acceptors (Lipinski definition) is 6. The lowest BCUT2D eigenvalue weighted by Crippen LogP contribution is -2.43. The largest absolute Gasteiger partial charge is 0.494 e. The summed E-state index contributed by atoms with van der Waals surface area (Å²) in [6.45, 7) is 5.00. The van der Waals surface area contributed by atoms with E-state index in [1.807, 2.05) is 13.8 Å². The number of benzene rings is 1. The molecule has 9 nitrogen and oxygen atoms in total. The molecule has 1 amide bonds. The Bertz CT molecular complexity index is 933. The summed E-state index contributed by atoms with van der Waals surface area (Å²) >= 11 is 0. The van der Waals surface area contributed by atoms with Gasteiger partial charge >= 0.3 is 5.69 Å². The number of amides is 1. The van der Waals surface area contributed by atoms with E-state index in [9.17, 15) is 14.4 Å². The second kappa shape index (κ2) is 10.5. The Morgan fingerprint density at radius 2 is 1.90 bits per heavy atom. The van der Waals surface area contributed by atoms with Crippen LogP contribution >= 0.6 is 0 Å². The van der Waals surface area contributed by atoms with E-state index in [0.717, 1.165) is 5.56 Å². The molecule has 0 atom stereocenters. The highest BCUT2D eigenvalue weighted by Gasteiger charge is 2.24. The number of carbonyl (C=O) groups is 1. The monoisotopic (exact) mass is 404 g/mol. The van der Waals surface area contributed by atoms with E-state index in [4.69, 9.17) is 15.2 Å². The average Bonchev–Trinajstić information content (AvgIpc) is 2.69. The molecule has 0 bridgehead atoms. The van der Waals surface area contributed by atoms with Crippen molar-refractivity contribution in [2.24, 2.45) is 0 Å². The van der Waals surface area contributed by atoms with Crippen LogP contribution in [0.3, 0.4) is 0 Å². The fraction of sp³-hybridized carbons (Fsp3) is 0.450. The molecule has 2 rings (SSSR count). The Kier molecular flexibility index (Phi) is 8.02. The van der Waals surface area contributed by atoms with Crippen LogP contribution in [0.2, 0.25) is 0 Å². The lowest BCUT2D eigenvalue weighted by atomic mass is 10.1. The number of nitrogens with two attached hydrogens (primary N) is 1. The van der Waals surface area contributed by atoms with Gasteiger partial charge in [-0.2, -0.15) is 0 Å². The van der Waals surface area contributed by atoms with Gasteiger partial charge in [-0.15, -0.1) is 0 Å². The fourth-order valence-electron chi connectivity index (χ4n) is 2.97. The number of aromatic nitrogens is 2. The van der Waals surface area contributed by atoms with Gasteiger partial charge in [0.05, 0.1) is 19.6 Å². The maximum atomic E-state index is 13.0. The zero-order chi connectivity index (χ0) is 21.4. The van der Waals surface area contributed by atoms with Crippen LogP contribution in [-0.2, 0) is 22.5 Å². The van der Waals surface area contributed by atoms with Crippen LogP contribution in [0.1, 0.15) is 25.8 Å². The van der Waals surface area contributed by atoms with Gasteiger partial charge in [-0.3, -0.25) is 19.1 Å². The molecular weight excluding hydrogens is 376 g/mol. The number of rotatable bonds is 10. The maximum absolute atomic E-state index is 13.0. The summed E-state index contributed by atoms with van der Waals surface area (Å²) in [4.78, 5) is 41.1. The Labute approximate surface area is 169 Å². The summed E-state index contributed by atoms with van der Waals surface area (Å²) < 4.78 is 11.8. The topological polar surface area (TPSA) is 120 Å². The van der Waals surface area contributed by atoms with Gasteiger partial charge in [0.2, 0.25) is 5.91 Å². The van der Waals surface area contributed by atoms with Crippen molar-refractivity contribution in [3.8, 4) is 5.75 Å². The number of nitrogen functional groups attached to an aromatic ring is 1.